The summed E-state index contributed by atoms with van der Waals surface area (Å²) in [6.45, 7) is 2.79. The van der Waals surface area contributed by atoms with E-state index in [1.807, 2.05) is 0 Å². The molecule has 7 nitrogen and oxygen atoms in total. The highest BCUT2D eigenvalue weighted by molar-refractivity contribution is 7.93. The third-order valence-electron chi connectivity index (χ3n) is 5.16. The third kappa shape index (κ3) is 4.74. The number of hydrogen-bond acceptors (Lipinski definition) is 5. The fraction of sp³-hybridized carbons (Fsp3) is 0.350. The summed E-state index contributed by atoms with van der Waals surface area (Å²) in [5.41, 5.74) is 1.14. The van der Waals surface area contributed by atoms with Crippen LogP contribution in [0.3, 0.4) is 0 Å². The topological polar surface area (TPSA) is 79.0 Å². The van der Waals surface area contributed by atoms with Gasteiger partial charge in [0.15, 0.2) is 0 Å². The molecule has 166 valence electrons. The molecule has 1 amide bonds. The Balaban J connectivity index is 1.62. The molecule has 0 bridgehead atoms. The number of benzene rings is 2. The summed E-state index contributed by atoms with van der Waals surface area (Å²) in [5.74, 6) is -1.56. The molecule has 0 saturated carbocycles. The number of ether oxygens (including phenoxy) is 1. The number of halogens is 3. The predicted octanol–water partition coefficient (Wildman–Crippen LogP) is 3.76. The average Bonchev–Trinajstić information content (AvgIpc) is 3.09. The molecule has 31 heavy (non-hydrogen) atoms. The fourth-order valence-electron chi connectivity index (χ4n) is 3.66. The highest BCUT2D eigenvalue weighted by atomic mass is 35.5. The Morgan fingerprint density at radius 1 is 1.03 bits per heavy atom. The number of nitrogens with one attached hydrogen (secondary N) is 1. The Morgan fingerprint density at radius 3 is 2.45 bits per heavy atom. The van der Waals surface area contributed by atoms with Gasteiger partial charge in [0, 0.05) is 36.0 Å². The van der Waals surface area contributed by atoms with Crippen molar-refractivity contribution < 1.29 is 22.3 Å². The number of sulfonamides is 1. The first-order valence-corrected chi connectivity index (χ1v) is 12.1. The van der Waals surface area contributed by atoms with Gasteiger partial charge in [-0.15, -0.1) is 0 Å². The van der Waals surface area contributed by atoms with Gasteiger partial charge in [-0.1, -0.05) is 23.2 Å². The van der Waals surface area contributed by atoms with E-state index < -0.39 is 21.7 Å². The monoisotopic (exact) mass is 487 g/mol. The molecule has 2 saturated heterocycles. The number of morpholine rings is 1. The lowest BCUT2D eigenvalue weighted by molar-refractivity contribution is 0.102. The zero-order valence-electron chi connectivity index (χ0n) is 16.4. The third-order valence-corrected chi connectivity index (χ3v) is 7.63. The summed E-state index contributed by atoms with van der Waals surface area (Å²) in [5, 5.41) is 2.73. The quantitative estimate of drug-likeness (QED) is 0.709. The maximum absolute atomic E-state index is 14.4. The molecule has 0 atom stereocenters. The Labute approximate surface area is 189 Å². The van der Waals surface area contributed by atoms with Gasteiger partial charge >= 0.3 is 0 Å². The van der Waals surface area contributed by atoms with E-state index >= 15 is 0 Å². The van der Waals surface area contributed by atoms with Crippen LogP contribution >= 0.6 is 23.2 Å². The first-order chi connectivity index (χ1) is 14.7. The van der Waals surface area contributed by atoms with Crippen LogP contribution < -0.4 is 14.5 Å². The molecule has 4 rings (SSSR count). The van der Waals surface area contributed by atoms with Crippen LogP contribution in [0.15, 0.2) is 30.3 Å². The molecule has 2 aliphatic heterocycles. The summed E-state index contributed by atoms with van der Waals surface area (Å²) in [4.78, 5) is 15.0. The van der Waals surface area contributed by atoms with Gasteiger partial charge in [-0.2, -0.15) is 0 Å². The molecule has 0 aliphatic carbocycles. The molecule has 1 N–H and O–H groups in total. The summed E-state index contributed by atoms with van der Waals surface area (Å²) in [6, 6.07) is 7.43. The Bertz CT molecular complexity index is 1120. The minimum absolute atomic E-state index is 0.0222. The summed E-state index contributed by atoms with van der Waals surface area (Å²) in [6.07, 6.45) is 0.431. The predicted molar refractivity (Wildman–Crippen MR) is 120 cm³/mol. The van der Waals surface area contributed by atoms with Crippen LogP contribution in [-0.4, -0.2) is 52.9 Å². The van der Waals surface area contributed by atoms with Crippen LogP contribution in [-0.2, 0) is 14.8 Å². The number of hydrogen-bond donors (Lipinski definition) is 1. The van der Waals surface area contributed by atoms with Crippen LogP contribution in [0.5, 0.6) is 0 Å². The molecular formula is C20H20Cl2FN3O4S. The van der Waals surface area contributed by atoms with E-state index in [9.17, 15) is 17.6 Å². The number of anilines is 3. The van der Waals surface area contributed by atoms with Gasteiger partial charge in [0.25, 0.3) is 5.91 Å². The molecule has 2 aliphatic rings. The highest BCUT2D eigenvalue weighted by Gasteiger charge is 2.30. The van der Waals surface area contributed by atoms with Gasteiger partial charge in [0.05, 0.1) is 35.2 Å². The van der Waals surface area contributed by atoms with E-state index in [1.54, 1.807) is 18.2 Å². The Hall–Kier alpha value is -2.07. The Kier molecular flexibility index (Phi) is 6.30. The normalized spacial score (nSPS) is 18.3. The van der Waals surface area contributed by atoms with Crippen LogP contribution in [0, 0.1) is 5.82 Å². The van der Waals surface area contributed by atoms with Gasteiger partial charge < -0.3 is 15.0 Å². The first-order valence-electron chi connectivity index (χ1n) is 9.69. The first kappa shape index (κ1) is 22.1. The van der Waals surface area contributed by atoms with Gasteiger partial charge in [-0.25, -0.2) is 12.8 Å². The van der Waals surface area contributed by atoms with Crippen molar-refractivity contribution in [2.45, 2.75) is 6.42 Å². The molecule has 0 aromatic heterocycles. The van der Waals surface area contributed by atoms with E-state index in [1.165, 1.54) is 6.07 Å². The zero-order chi connectivity index (χ0) is 22.2. The smallest absolute Gasteiger partial charge is 0.257 e. The van der Waals surface area contributed by atoms with Crippen molar-refractivity contribution in [3.8, 4) is 0 Å². The summed E-state index contributed by atoms with van der Waals surface area (Å²) in [7, 11) is -3.54. The summed E-state index contributed by atoms with van der Waals surface area (Å²) < 4.78 is 45.3. The van der Waals surface area contributed by atoms with Crippen LogP contribution in [0.4, 0.5) is 21.5 Å². The van der Waals surface area contributed by atoms with E-state index in [-0.39, 0.29) is 28.6 Å². The largest absolute Gasteiger partial charge is 0.378 e. The molecule has 2 fully saturated rings. The van der Waals surface area contributed by atoms with Crippen molar-refractivity contribution >= 4 is 56.2 Å². The second-order valence-electron chi connectivity index (χ2n) is 7.28. The van der Waals surface area contributed by atoms with Crippen LogP contribution in [0.1, 0.15) is 16.8 Å². The number of carbonyl (C=O) groups is 1. The number of carbonyl (C=O) groups excluding carboxylic acids is 1. The van der Waals surface area contributed by atoms with Crippen molar-refractivity contribution in [1.82, 2.24) is 0 Å². The van der Waals surface area contributed by atoms with Gasteiger partial charge in [-0.05, 0) is 36.8 Å². The van der Waals surface area contributed by atoms with Crippen molar-refractivity contribution in [3.63, 3.8) is 0 Å². The van der Waals surface area contributed by atoms with E-state index in [4.69, 9.17) is 27.9 Å². The second kappa shape index (κ2) is 8.82. The SMILES string of the molecule is O=C(Nc1cc(Cl)cc(N2CCOCC2)c1)c1cc(N2CCCS2(=O)=O)cc(F)c1Cl. The van der Waals surface area contributed by atoms with Crippen molar-refractivity contribution in [1.29, 1.82) is 0 Å². The van der Waals surface area contributed by atoms with Gasteiger partial charge in [0.2, 0.25) is 10.0 Å². The van der Waals surface area contributed by atoms with Crippen LogP contribution in [0.2, 0.25) is 10.0 Å². The lowest BCUT2D eigenvalue weighted by Gasteiger charge is -2.29. The molecule has 0 spiro atoms. The molecule has 2 aromatic rings. The van der Waals surface area contributed by atoms with Gasteiger partial charge in [0.1, 0.15) is 5.82 Å². The van der Waals surface area contributed by atoms with Crippen molar-refractivity contribution in [2.75, 3.05) is 53.1 Å². The van der Waals surface area contributed by atoms with Crippen molar-refractivity contribution in [3.05, 3.63) is 51.8 Å². The van der Waals surface area contributed by atoms with Crippen molar-refractivity contribution in [2.24, 2.45) is 0 Å². The molecule has 11 heteroatoms. The van der Waals surface area contributed by atoms with E-state index in [0.29, 0.717) is 43.4 Å². The van der Waals surface area contributed by atoms with Crippen LogP contribution in [0.25, 0.3) is 0 Å². The number of nitrogens with zero attached hydrogens (tertiary/aromatic N) is 2. The van der Waals surface area contributed by atoms with Gasteiger partial charge in [-0.3, -0.25) is 9.10 Å². The molecule has 2 aromatic carbocycles. The lowest BCUT2D eigenvalue weighted by atomic mass is 10.1. The molecular weight excluding hydrogens is 468 g/mol. The minimum atomic E-state index is -3.54. The number of amides is 1. The van der Waals surface area contributed by atoms with E-state index in [2.05, 4.69) is 10.2 Å². The standard InChI is InChI=1S/C20H20Cl2FN3O4S/c21-13-8-14(10-15(9-13)25-3-5-30-6-4-25)24-20(27)17-11-16(12-18(23)19(17)22)26-2-1-7-31(26,28)29/h8-12H,1-7H2,(H,24,27). The van der Waals surface area contributed by atoms with E-state index in [0.717, 1.165) is 16.1 Å². The molecule has 0 unspecified atom stereocenters. The molecule has 2 heterocycles. The molecule has 0 radical (unpaired) electrons. The zero-order valence-corrected chi connectivity index (χ0v) is 18.7. The second-order valence-corrected chi connectivity index (χ2v) is 10.1. The fourth-order valence-corrected chi connectivity index (χ4v) is 5.63. The lowest BCUT2D eigenvalue weighted by Crippen LogP contribution is -2.36. The highest BCUT2D eigenvalue weighted by Crippen LogP contribution is 2.32. The summed E-state index contributed by atoms with van der Waals surface area (Å²) >= 11 is 12.3. The average molecular weight is 488 g/mol. The maximum atomic E-state index is 14.4. The number of rotatable bonds is 4. The minimum Gasteiger partial charge on any atom is -0.378 e. The Morgan fingerprint density at radius 2 is 1.77 bits per heavy atom. The maximum Gasteiger partial charge on any atom is 0.257 e.